The topological polar surface area (TPSA) is 31.4 Å². The number of nitrogens with zero attached hydrogens (tertiary/aromatic N) is 3. The maximum absolute atomic E-state index is 15.3. The number of hydrogen-bond donors (Lipinski definition) is 1. The minimum atomic E-state index is -3.19. The average molecular weight is 541 g/mol. The fourth-order valence-corrected chi connectivity index (χ4v) is 5.20. The number of unbranched alkanes of at least 4 members (excludes halogenated alkanes) is 1. The SMILES string of the molecule is C=CCCCNc1ccc(SN2CCN(c3cc(C(F)(F)c4ccc(C=C)cc4)cc(Cl)n3)CC2)cc1. The van der Waals surface area contributed by atoms with Crippen LogP contribution >= 0.6 is 23.5 Å². The molecule has 4 rings (SSSR count). The molecule has 4 nitrogen and oxygen atoms in total. The number of benzene rings is 2. The van der Waals surface area contributed by atoms with Gasteiger partial charge < -0.3 is 10.2 Å². The first-order valence-electron chi connectivity index (χ1n) is 12.3. The zero-order valence-corrected chi connectivity index (χ0v) is 22.2. The van der Waals surface area contributed by atoms with Crippen molar-refractivity contribution in [1.82, 2.24) is 9.29 Å². The van der Waals surface area contributed by atoms with Gasteiger partial charge in [0.25, 0.3) is 5.92 Å². The number of pyridine rings is 1. The minimum Gasteiger partial charge on any atom is -0.385 e. The van der Waals surface area contributed by atoms with Gasteiger partial charge in [-0.3, -0.25) is 0 Å². The lowest BCUT2D eigenvalue weighted by Gasteiger charge is -2.35. The molecule has 1 N–H and O–H groups in total. The number of halogens is 3. The second kappa shape index (κ2) is 12.6. The summed E-state index contributed by atoms with van der Waals surface area (Å²) in [6.07, 6.45) is 5.63. The molecule has 0 aliphatic carbocycles. The Morgan fingerprint density at radius 2 is 1.68 bits per heavy atom. The Kier molecular flexibility index (Phi) is 9.24. The van der Waals surface area contributed by atoms with Crippen LogP contribution in [-0.4, -0.2) is 42.0 Å². The number of hydrogen-bond acceptors (Lipinski definition) is 5. The van der Waals surface area contributed by atoms with Crippen molar-refractivity contribution < 1.29 is 8.78 Å². The fourth-order valence-electron chi connectivity index (χ4n) is 4.09. The van der Waals surface area contributed by atoms with Gasteiger partial charge in [0.2, 0.25) is 0 Å². The van der Waals surface area contributed by atoms with Crippen molar-refractivity contribution in [2.75, 3.05) is 42.9 Å². The van der Waals surface area contributed by atoms with E-state index in [1.165, 1.54) is 24.3 Å². The zero-order valence-electron chi connectivity index (χ0n) is 20.7. The van der Waals surface area contributed by atoms with Crippen molar-refractivity contribution in [3.05, 3.63) is 102 Å². The summed E-state index contributed by atoms with van der Waals surface area (Å²) in [6, 6.07) is 17.2. The zero-order chi connectivity index (χ0) is 26.3. The molecular formula is C29H31ClF2N4S. The Labute approximate surface area is 227 Å². The molecule has 0 unspecified atom stereocenters. The molecule has 0 atom stereocenters. The van der Waals surface area contributed by atoms with Crippen LogP contribution in [0.1, 0.15) is 29.5 Å². The van der Waals surface area contributed by atoms with E-state index < -0.39 is 5.92 Å². The van der Waals surface area contributed by atoms with Crippen LogP contribution in [0.25, 0.3) is 6.08 Å². The molecule has 3 aromatic rings. The first-order chi connectivity index (χ1) is 17.9. The summed E-state index contributed by atoms with van der Waals surface area (Å²) < 4.78 is 33.0. The van der Waals surface area contributed by atoms with Crippen molar-refractivity contribution in [3.8, 4) is 0 Å². The molecule has 0 bridgehead atoms. The van der Waals surface area contributed by atoms with E-state index in [2.05, 4.69) is 52.0 Å². The van der Waals surface area contributed by atoms with E-state index in [4.69, 9.17) is 11.6 Å². The highest BCUT2D eigenvalue weighted by Gasteiger charge is 2.35. The molecule has 0 saturated carbocycles. The maximum Gasteiger partial charge on any atom is 0.298 e. The van der Waals surface area contributed by atoms with Crippen LogP contribution in [0.2, 0.25) is 5.15 Å². The van der Waals surface area contributed by atoms with Gasteiger partial charge in [0, 0.05) is 54.4 Å². The van der Waals surface area contributed by atoms with Gasteiger partial charge in [-0.25, -0.2) is 9.29 Å². The number of alkyl halides is 2. The summed E-state index contributed by atoms with van der Waals surface area (Å²) in [6.45, 7) is 11.2. The second-order valence-electron chi connectivity index (χ2n) is 8.83. The first kappa shape index (κ1) is 27.2. The molecule has 0 amide bonds. The summed E-state index contributed by atoms with van der Waals surface area (Å²) in [5.41, 5.74) is 1.64. The first-order valence-corrected chi connectivity index (χ1v) is 13.5. The summed E-state index contributed by atoms with van der Waals surface area (Å²) in [4.78, 5) is 7.53. The average Bonchev–Trinajstić information content (AvgIpc) is 2.92. The molecule has 0 radical (unpaired) electrons. The molecule has 1 aliphatic heterocycles. The quantitative estimate of drug-likeness (QED) is 0.116. The molecule has 1 aromatic heterocycles. The Hall–Kier alpha value is -2.87. The van der Waals surface area contributed by atoms with Crippen LogP contribution in [0.15, 0.2) is 84.8 Å². The van der Waals surface area contributed by atoms with E-state index in [1.54, 1.807) is 30.2 Å². The number of nitrogens with one attached hydrogen (secondary N) is 1. The number of aromatic nitrogens is 1. The second-order valence-corrected chi connectivity index (χ2v) is 10.4. The Morgan fingerprint density at radius 3 is 2.32 bits per heavy atom. The number of rotatable bonds is 11. The van der Waals surface area contributed by atoms with Crippen LogP contribution in [0.4, 0.5) is 20.3 Å². The minimum absolute atomic E-state index is 0.0601. The Morgan fingerprint density at radius 1 is 0.973 bits per heavy atom. The summed E-state index contributed by atoms with van der Waals surface area (Å²) in [7, 11) is 0. The van der Waals surface area contributed by atoms with Crippen LogP contribution < -0.4 is 10.2 Å². The van der Waals surface area contributed by atoms with Gasteiger partial charge in [0.15, 0.2) is 0 Å². The molecule has 2 heterocycles. The maximum atomic E-state index is 15.3. The van der Waals surface area contributed by atoms with Crippen molar-refractivity contribution >= 4 is 41.1 Å². The van der Waals surface area contributed by atoms with Gasteiger partial charge in [0.1, 0.15) is 11.0 Å². The highest BCUT2D eigenvalue weighted by atomic mass is 35.5. The molecule has 194 valence electrons. The predicted molar refractivity (Wildman–Crippen MR) is 153 cm³/mol. The third kappa shape index (κ3) is 7.12. The molecule has 1 saturated heterocycles. The van der Waals surface area contributed by atoms with Gasteiger partial charge in [-0.15, -0.1) is 6.58 Å². The normalized spacial score (nSPS) is 14.4. The Balaban J connectivity index is 1.36. The number of allylic oxidation sites excluding steroid dienone is 1. The van der Waals surface area contributed by atoms with Crippen LogP contribution in [0.5, 0.6) is 0 Å². The largest absolute Gasteiger partial charge is 0.385 e. The molecule has 1 aliphatic rings. The van der Waals surface area contributed by atoms with Crippen molar-refractivity contribution in [2.24, 2.45) is 0 Å². The smallest absolute Gasteiger partial charge is 0.298 e. The summed E-state index contributed by atoms with van der Waals surface area (Å²) >= 11 is 7.90. The van der Waals surface area contributed by atoms with Crippen molar-refractivity contribution in [1.29, 1.82) is 0 Å². The lowest BCUT2D eigenvalue weighted by Crippen LogP contribution is -2.43. The third-order valence-electron chi connectivity index (χ3n) is 6.22. The van der Waals surface area contributed by atoms with Crippen LogP contribution in [-0.2, 0) is 5.92 Å². The number of piperazine rings is 1. The van der Waals surface area contributed by atoms with Crippen LogP contribution in [0, 0.1) is 0 Å². The molecule has 0 spiro atoms. The van der Waals surface area contributed by atoms with Crippen molar-refractivity contribution in [2.45, 2.75) is 23.7 Å². The lowest BCUT2D eigenvalue weighted by atomic mass is 10.00. The van der Waals surface area contributed by atoms with Gasteiger partial charge in [0.05, 0.1) is 0 Å². The highest BCUT2D eigenvalue weighted by Crippen LogP contribution is 2.38. The van der Waals surface area contributed by atoms with Gasteiger partial charge >= 0.3 is 0 Å². The lowest BCUT2D eigenvalue weighted by molar-refractivity contribution is 0.0428. The van der Waals surface area contributed by atoms with E-state index in [-0.39, 0.29) is 16.3 Å². The van der Waals surface area contributed by atoms with Gasteiger partial charge in [-0.05, 0) is 66.8 Å². The molecular weight excluding hydrogens is 510 g/mol. The van der Waals surface area contributed by atoms with Crippen LogP contribution in [0.3, 0.4) is 0 Å². The fraction of sp³-hybridized carbons (Fsp3) is 0.276. The standard InChI is InChI=1S/C29H31ClF2N4S/c1-3-5-6-15-33-25-11-13-26(14-12-25)37-36-18-16-35(17-19-36)28-21-24(20-27(30)34-28)29(31,32)23-9-7-22(4-2)8-10-23/h3-4,7-14,20-21,33H,1-2,5-6,15-19H2. The summed E-state index contributed by atoms with van der Waals surface area (Å²) in [5.74, 6) is -2.72. The molecule has 2 aromatic carbocycles. The van der Waals surface area contributed by atoms with E-state index in [0.29, 0.717) is 18.9 Å². The van der Waals surface area contributed by atoms with E-state index in [0.717, 1.165) is 48.6 Å². The van der Waals surface area contributed by atoms with Crippen molar-refractivity contribution in [3.63, 3.8) is 0 Å². The summed E-state index contributed by atoms with van der Waals surface area (Å²) in [5, 5.41) is 3.48. The molecule has 1 fully saturated rings. The number of anilines is 2. The predicted octanol–water partition coefficient (Wildman–Crippen LogP) is 7.73. The Bertz CT molecular complexity index is 1190. The van der Waals surface area contributed by atoms with E-state index >= 15 is 8.78 Å². The molecule has 37 heavy (non-hydrogen) atoms. The van der Waals surface area contributed by atoms with E-state index in [9.17, 15) is 0 Å². The molecule has 8 heteroatoms. The third-order valence-corrected chi connectivity index (χ3v) is 7.52. The van der Waals surface area contributed by atoms with Gasteiger partial charge in [-0.1, -0.05) is 54.6 Å². The van der Waals surface area contributed by atoms with Gasteiger partial charge in [-0.2, -0.15) is 8.78 Å². The van der Waals surface area contributed by atoms with E-state index in [1.807, 2.05) is 11.0 Å². The highest BCUT2D eigenvalue weighted by molar-refractivity contribution is 7.97. The monoisotopic (exact) mass is 540 g/mol.